The van der Waals surface area contributed by atoms with Crippen LogP contribution >= 0.6 is 11.3 Å². The molecule has 1 heterocycles. The van der Waals surface area contributed by atoms with Gasteiger partial charge < -0.3 is 5.32 Å². The van der Waals surface area contributed by atoms with E-state index in [2.05, 4.69) is 26.1 Å². The van der Waals surface area contributed by atoms with Crippen LogP contribution in [0, 0.1) is 5.82 Å². The molecular weight excluding hydrogens is 421 g/mol. The lowest BCUT2D eigenvalue weighted by molar-refractivity contribution is 0.0953. The Balaban J connectivity index is 1.81. The first kappa shape index (κ1) is 22.2. The number of halogens is 1. The molecule has 1 amide bonds. The highest BCUT2D eigenvalue weighted by Gasteiger charge is 2.30. The van der Waals surface area contributed by atoms with Gasteiger partial charge in [-0.05, 0) is 58.8 Å². The van der Waals surface area contributed by atoms with Crippen molar-refractivity contribution in [2.24, 2.45) is 0 Å². The van der Waals surface area contributed by atoms with E-state index in [1.165, 1.54) is 23.5 Å². The zero-order valence-corrected chi connectivity index (χ0v) is 18.7. The second-order valence-electron chi connectivity index (χ2n) is 8.04. The van der Waals surface area contributed by atoms with E-state index < -0.39 is 20.9 Å². The maximum absolute atomic E-state index is 13.2. The number of carbonyl (C=O) groups excluding carboxylic acids is 1. The van der Waals surface area contributed by atoms with Crippen LogP contribution in [0.4, 0.5) is 4.39 Å². The lowest BCUT2D eigenvalue weighted by Crippen LogP contribution is -2.31. The molecule has 3 aromatic rings. The zero-order chi connectivity index (χ0) is 21.9. The van der Waals surface area contributed by atoms with E-state index in [0.29, 0.717) is 10.4 Å². The van der Waals surface area contributed by atoms with Crippen molar-refractivity contribution in [3.05, 3.63) is 87.9 Å². The highest BCUT2D eigenvalue weighted by Crippen LogP contribution is 2.31. The number of carbonyl (C=O) groups is 1. The molecule has 0 bridgehead atoms. The summed E-state index contributed by atoms with van der Waals surface area (Å²) in [4.78, 5) is 13.3. The second kappa shape index (κ2) is 8.70. The van der Waals surface area contributed by atoms with Gasteiger partial charge in [-0.2, -0.15) is 0 Å². The quantitative estimate of drug-likeness (QED) is 0.535. The molecule has 1 atom stereocenters. The Labute approximate surface area is 180 Å². The summed E-state index contributed by atoms with van der Waals surface area (Å²) in [5.74, 6) is -0.847. The van der Waals surface area contributed by atoms with Crippen LogP contribution in [-0.2, 0) is 15.3 Å². The Bertz CT molecular complexity index is 1100. The molecule has 3 rings (SSSR count). The third kappa shape index (κ3) is 4.96. The minimum atomic E-state index is -3.82. The van der Waals surface area contributed by atoms with E-state index in [0.717, 1.165) is 17.7 Å². The molecule has 1 N–H and O–H groups in total. The highest BCUT2D eigenvalue weighted by atomic mass is 32.2. The summed E-state index contributed by atoms with van der Waals surface area (Å²) in [6, 6.07) is 15.5. The minimum Gasteiger partial charge on any atom is -0.350 e. The van der Waals surface area contributed by atoms with Gasteiger partial charge in [-0.25, -0.2) is 12.8 Å². The fourth-order valence-electron chi connectivity index (χ4n) is 3.04. The van der Waals surface area contributed by atoms with Gasteiger partial charge in [-0.15, -0.1) is 11.3 Å². The molecule has 0 saturated carbocycles. The molecule has 7 heteroatoms. The number of benzene rings is 2. The maximum atomic E-state index is 13.2. The Hall–Kier alpha value is -2.51. The van der Waals surface area contributed by atoms with Crippen LogP contribution in [0.25, 0.3) is 0 Å². The van der Waals surface area contributed by atoms with Crippen LogP contribution in [0.2, 0.25) is 0 Å². The molecule has 0 aliphatic rings. The van der Waals surface area contributed by atoms with Crippen LogP contribution in [0.3, 0.4) is 0 Å². The van der Waals surface area contributed by atoms with Crippen LogP contribution in [0.1, 0.15) is 46.8 Å². The van der Waals surface area contributed by atoms with Crippen LogP contribution in [0.5, 0.6) is 0 Å². The monoisotopic (exact) mass is 445 g/mol. The summed E-state index contributed by atoms with van der Waals surface area (Å²) in [7, 11) is -3.82. The van der Waals surface area contributed by atoms with Crippen molar-refractivity contribution >= 4 is 27.1 Å². The van der Waals surface area contributed by atoms with Gasteiger partial charge in [0.1, 0.15) is 11.1 Å². The van der Waals surface area contributed by atoms with E-state index in [1.54, 1.807) is 29.6 Å². The molecule has 0 saturated heterocycles. The van der Waals surface area contributed by atoms with Gasteiger partial charge in [0.05, 0.1) is 4.90 Å². The molecular formula is C23H24FNO3S2. The standard InChI is InChI=1S/C23H24FNO3S2/c1-23(2,3)17-8-6-16(7-9-17)22(26)25-15-21(20-5-4-14-29-20)30(27,28)19-12-10-18(24)11-13-19/h4-14,21H,15H2,1-3H3,(H,25,26). The van der Waals surface area contributed by atoms with Gasteiger partial charge in [0, 0.05) is 17.0 Å². The molecule has 1 unspecified atom stereocenters. The number of nitrogens with one attached hydrogen (secondary N) is 1. The lowest BCUT2D eigenvalue weighted by atomic mass is 9.87. The lowest BCUT2D eigenvalue weighted by Gasteiger charge is -2.19. The number of thiophene rings is 1. The molecule has 0 aliphatic heterocycles. The van der Waals surface area contributed by atoms with Crippen molar-refractivity contribution < 1.29 is 17.6 Å². The second-order valence-corrected chi connectivity index (χ2v) is 11.2. The van der Waals surface area contributed by atoms with Gasteiger partial charge in [-0.1, -0.05) is 39.0 Å². The summed E-state index contributed by atoms with van der Waals surface area (Å²) in [6.07, 6.45) is 0. The molecule has 4 nitrogen and oxygen atoms in total. The van der Waals surface area contributed by atoms with Crippen LogP contribution in [0.15, 0.2) is 70.9 Å². The number of hydrogen-bond acceptors (Lipinski definition) is 4. The minimum absolute atomic E-state index is 0.0195. The molecule has 158 valence electrons. The van der Waals surface area contributed by atoms with E-state index in [-0.39, 0.29) is 22.8 Å². The van der Waals surface area contributed by atoms with Crippen molar-refractivity contribution in [3.8, 4) is 0 Å². The fourth-order valence-corrected chi connectivity index (χ4v) is 5.82. The predicted octanol–water partition coefficient (Wildman–Crippen LogP) is 5.13. The van der Waals surface area contributed by atoms with Gasteiger partial charge >= 0.3 is 0 Å². The molecule has 2 aromatic carbocycles. The Kier molecular flexibility index (Phi) is 6.43. The largest absolute Gasteiger partial charge is 0.350 e. The zero-order valence-electron chi connectivity index (χ0n) is 17.1. The van der Waals surface area contributed by atoms with Crippen molar-refractivity contribution in [1.82, 2.24) is 5.32 Å². The normalized spacial score (nSPS) is 13.1. The Morgan fingerprint density at radius 1 is 1.03 bits per heavy atom. The van der Waals surface area contributed by atoms with Gasteiger partial charge in [0.25, 0.3) is 5.91 Å². The number of amides is 1. The Morgan fingerprint density at radius 3 is 2.20 bits per heavy atom. The summed E-state index contributed by atoms with van der Waals surface area (Å²) in [6.45, 7) is 6.19. The van der Waals surface area contributed by atoms with Crippen molar-refractivity contribution in [3.63, 3.8) is 0 Å². The van der Waals surface area contributed by atoms with E-state index >= 15 is 0 Å². The third-order valence-corrected chi connectivity index (χ3v) is 8.07. The average molecular weight is 446 g/mol. The fraction of sp³-hybridized carbons (Fsp3) is 0.261. The molecule has 1 aromatic heterocycles. The van der Waals surface area contributed by atoms with E-state index in [4.69, 9.17) is 0 Å². The summed E-state index contributed by atoms with van der Waals surface area (Å²) in [5.41, 5.74) is 1.55. The topological polar surface area (TPSA) is 63.2 Å². The average Bonchev–Trinajstić information content (AvgIpc) is 3.22. The summed E-state index contributed by atoms with van der Waals surface area (Å²) >= 11 is 1.30. The summed E-state index contributed by atoms with van der Waals surface area (Å²) in [5, 5.41) is 3.58. The first-order valence-electron chi connectivity index (χ1n) is 9.50. The predicted molar refractivity (Wildman–Crippen MR) is 118 cm³/mol. The first-order chi connectivity index (χ1) is 14.1. The third-order valence-electron chi connectivity index (χ3n) is 4.84. The van der Waals surface area contributed by atoms with Crippen molar-refractivity contribution in [2.75, 3.05) is 6.54 Å². The number of rotatable bonds is 6. The highest BCUT2D eigenvalue weighted by molar-refractivity contribution is 7.91. The maximum Gasteiger partial charge on any atom is 0.251 e. The smallest absolute Gasteiger partial charge is 0.251 e. The SMILES string of the molecule is CC(C)(C)c1ccc(C(=O)NCC(c2cccs2)S(=O)(=O)c2ccc(F)cc2)cc1. The number of sulfone groups is 1. The van der Waals surface area contributed by atoms with Crippen LogP contribution < -0.4 is 5.32 Å². The van der Waals surface area contributed by atoms with Gasteiger partial charge in [0.15, 0.2) is 9.84 Å². The Morgan fingerprint density at radius 2 is 1.67 bits per heavy atom. The first-order valence-corrected chi connectivity index (χ1v) is 11.9. The molecule has 0 fully saturated rings. The molecule has 0 spiro atoms. The molecule has 30 heavy (non-hydrogen) atoms. The van der Waals surface area contributed by atoms with Gasteiger partial charge in [0.2, 0.25) is 0 Å². The van der Waals surface area contributed by atoms with Crippen molar-refractivity contribution in [1.29, 1.82) is 0 Å². The summed E-state index contributed by atoms with van der Waals surface area (Å²) < 4.78 is 39.6. The molecule has 0 radical (unpaired) electrons. The number of hydrogen-bond donors (Lipinski definition) is 1. The van der Waals surface area contributed by atoms with E-state index in [9.17, 15) is 17.6 Å². The van der Waals surface area contributed by atoms with E-state index in [1.807, 2.05) is 12.1 Å². The van der Waals surface area contributed by atoms with Gasteiger partial charge in [-0.3, -0.25) is 4.79 Å². The van der Waals surface area contributed by atoms with Crippen molar-refractivity contribution in [2.45, 2.75) is 36.3 Å². The van der Waals surface area contributed by atoms with Crippen LogP contribution in [-0.4, -0.2) is 20.9 Å². The molecule has 0 aliphatic carbocycles.